The molecule has 0 spiro atoms. The van der Waals surface area contributed by atoms with Crippen LogP contribution in [0.25, 0.3) is 0 Å². The SMILES string of the molecule is Nc1ncc(Br)nc1Oc1cnn(C2C[C@H]3CC[C@@H](C2)N3)c1. The first-order chi connectivity index (χ1) is 10.7. The molecule has 7 nitrogen and oxygen atoms in total. The number of rotatable bonds is 3. The van der Waals surface area contributed by atoms with Gasteiger partial charge in [0.1, 0.15) is 4.60 Å². The Labute approximate surface area is 136 Å². The zero-order valence-corrected chi connectivity index (χ0v) is 13.5. The summed E-state index contributed by atoms with van der Waals surface area (Å²) in [4.78, 5) is 8.19. The Morgan fingerprint density at radius 2 is 2.05 bits per heavy atom. The second-order valence-corrected chi connectivity index (χ2v) is 6.72. The van der Waals surface area contributed by atoms with Crippen LogP contribution in [-0.2, 0) is 0 Å². The second kappa shape index (κ2) is 5.51. The van der Waals surface area contributed by atoms with Crippen LogP contribution in [0.4, 0.5) is 5.82 Å². The average Bonchev–Trinajstić information content (AvgIpc) is 3.10. The van der Waals surface area contributed by atoms with Crippen LogP contribution in [0.3, 0.4) is 0 Å². The lowest BCUT2D eigenvalue weighted by atomic mass is 10.0. The molecule has 2 saturated heterocycles. The number of hydrogen-bond donors (Lipinski definition) is 2. The molecule has 3 N–H and O–H groups in total. The minimum absolute atomic E-state index is 0.260. The lowest BCUT2D eigenvalue weighted by Crippen LogP contribution is -2.38. The van der Waals surface area contributed by atoms with Crippen molar-refractivity contribution in [2.24, 2.45) is 0 Å². The van der Waals surface area contributed by atoms with Gasteiger partial charge >= 0.3 is 0 Å². The highest BCUT2D eigenvalue weighted by atomic mass is 79.9. The fourth-order valence-electron chi connectivity index (χ4n) is 3.36. The van der Waals surface area contributed by atoms with E-state index in [0.717, 1.165) is 12.8 Å². The van der Waals surface area contributed by atoms with Gasteiger partial charge in [0.25, 0.3) is 5.88 Å². The zero-order chi connectivity index (χ0) is 15.1. The lowest BCUT2D eigenvalue weighted by Gasteiger charge is -2.29. The molecule has 4 heterocycles. The molecule has 0 amide bonds. The monoisotopic (exact) mass is 364 g/mol. The van der Waals surface area contributed by atoms with Gasteiger partial charge in [-0.05, 0) is 41.6 Å². The molecule has 0 aliphatic carbocycles. The minimum Gasteiger partial charge on any atom is -0.433 e. The molecule has 2 fully saturated rings. The van der Waals surface area contributed by atoms with E-state index in [9.17, 15) is 0 Å². The molecule has 2 aromatic heterocycles. The van der Waals surface area contributed by atoms with Gasteiger partial charge in [0, 0.05) is 12.1 Å². The molecule has 0 aromatic carbocycles. The standard InChI is InChI=1S/C14H17BrN6O/c15-12-6-17-13(16)14(20-12)22-11-5-18-21(7-11)10-3-8-1-2-9(4-10)19-8/h5-10,19H,1-4H2,(H2,16,17)/t8-,9+,10?. The van der Waals surface area contributed by atoms with Gasteiger partial charge < -0.3 is 15.8 Å². The van der Waals surface area contributed by atoms with E-state index in [-0.39, 0.29) is 5.82 Å². The van der Waals surface area contributed by atoms with Crippen molar-refractivity contribution in [1.82, 2.24) is 25.1 Å². The number of halogens is 1. The molecule has 22 heavy (non-hydrogen) atoms. The smallest absolute Gasteiger partial charge is 0.263 e. The minimum atomic E-state index is 0.260. The number of hydrogen-bond acceptors (Lipinski definition) is 6. The number of aromatic nitrogens is 4. The highest BCUT2D eigenvalue weighted by Crippen LogP contribution is 2.34. The molecule has 3 atom stereocenters. The van der Waals surface area contributed by atoms with Crippen LogP contribution in [0, 0.1) is 0 Å². The van der Waals surface area contributed by atoms with E-state index in [1.807, 2.05) is 10.9 Å². The van der Waals surface area contributed by atoms with Crippen molar-refractivity contribution in [3.63, 3.8) is 0 Å². The Kier molecular flexibility index (Phi) is 3.50. The van der Waals surface area contributed by atoms with Crippen molar-refractivity contribution in [3.8, 4) is 11.6 Å². The largest absolute Gasteiger partial charge is 0.433 e. The maximum Gasteiger partial charge on any atom is 0.263 e. The van der Waals surface area contributed by atoms with Crippen LogP contribution in [0.1, 0.15) is 31.7 Å². The van der Waals surface area contributed by atoms with E-state index < -0.39 is 0 Å². The van der Waals surface area contributed by atoms with Gasteiger partial charge in [-0.1, -0.05) is 0 Å². The normalized spacial score (nSPS) is 27.0. The van der Waals surface area contributed by atoms with Crippen LogP contribution in [0.5, 0.6) is 11.6 Å². The van der Waals surface area contributed by atoms with E-state index in [1.165, 1.54) is 19.0 Å². The topological polar surface area (TPSA) is 90.9 Å². The number of nitrogens with zero attached hydrogens (tertiary/aromatic N) is 4. The van der Waals surface area contributed by atoms with E-state index in [4.69, 9.17) is 10.5 Å². The molecule has 2 aromatic rings. The van der Waals surface area contributed by atoms with E-state index in [0.29, 0.717) is 34.4 Å². The van der Waals surface area contributed by atoms with Gasteiger partial charge in [-0.25, -0.2) is 9.97 Å². The van der Waals surface area contributed by atoms with E-state index >= 15 is 0 Å². The summed E-state index contributed by atoms with van der Waals surface area (Å²) in [6.07, 6.45) is 9.94. The van der Waals surface area contributed by atoms with Gasteiger partial charge in [0.2, 0.25) is 0 Å². The Balaban J connectivity index is 1.50. The number of nitrogen functional groups attached to an aromatic ring is 1. The van der Waals surface area contributed by atoms with Crippen molar-refractivity contribution in [2.75, 3.05) is 5.73 Å². The molecule has 4 rings (SSSR count). The quantitative estimate of drug-likeness (QED) is 0.867. The van der Waals surface area contributed by atoms with Crippen molar-refractivity contribution in [3.05, 3.63) is 23.2 Å². The highest BCUT2D eigenvalue weighted by molar-refractivity contribution is 9.10. The first kappa shape index (κ1) is 14.0. The van der Waals surface area contributed by atoms with Crippen LogP contribution in [-0.4, -0.2) is 31.8 Å². The van der Waals surface area contributed by atoms with Crippen molar-refractivity contribution in [1.29, 1.82) is 0 Å². The van der Waals surface area contributed by atoms with Crippen molar-refractivity contribution >= 4 is 21.7 Å². The molecular weight excluding hydrogens is 348 g/mol. The van der Waals surface area contributed by atoms with E-state index in [2.05, 4.69) is 36.3 Å². The van der Waals surface area contributed by atoms with Gasteiger partial charge in [0.05, 0.1) is 24.6 Å². The number of fused-ring (bicyclic) bond motifs is 2. The number of ether oxygens (including phenoxy) is 1. The summed E-state index contributed by atoms with van der Waals surface area (Å²) in [6, 6.07) is 1.69. The molecule has 2 bridgehead atoms. The molecule has 116 valence electrons. The van der Waals surface area contributed by atoms with Crippen LogP contribution < -0.4 is 15.8 Å². The summed E-state index contributed by atoms with van der Waals surface area (Å²) in [5.41, 5.74) is 5.78. The third kappa shape index (κ3) is 2.68. The third-order valence-electron chi connectivity index (χ3n) is 4.35. The van der Waals surface area contributed by atoms with Gasteiger partial charge in [-0.3, -0.25) is 4.68 Å². The molecular formula is C14H17BrN6O. The first-order valence-corrected chi connectivity index (χ1v) is 8.23. The zero-order valence-electron chi connectivity index (χ0n) is 11.9. The van der Waals surface area contributed by atoms with Crippen LogP contribution >= 0.6 is 15.9 Å². The Bertz CT molecular complexity index is 678. The number of piperidine rings is 1. The summed E-state index contributed by atoms with van der Waals surface area (Å²) in [7, 11) is 0. The first-order valence-electron chi connectivity index (χ1n) is 7.43. The molecule has 0 radical (unpaired) electrons. The summed E-state index contributed by atoms with van der Waals surface area (Å²) < 4.78 is 8.29. The van der Waals surface area contributed by atoms with Crippen molar-refractivity contribution in [2.45, 2.75) is 43.8 Å². The Morgan fingerprint density at radius 3 is 2.82 bits per heavy atom. The number of anilines is 1. The van der Waals surface area contributed by atoms with E-state index in [1.54, 1.807) is 6.20 Å². The molecule has 2 aliphatic rings. The van der Waals surface area contributed by atoms with Gasteiger partial charge in [-0.15, -0.1) is 0 Å². The van der Waals surface area contributed by atoms with Crippen molar-refractivity contribution < 1.29 is 4.74 Å². The summed E-state index contributed by atoms with van der Waals surface area (Å²) in [6.45, 7) is 0. The molecule has 8 heteroatoms. The van der Waals surface area contributed by atoms with Crippen LogP contribution in [0.2, 0.25) is 0 Å². The summed E-state index contributed by atoms with van der Waals surface area (Å²) in [5.74, 6) is 1.18. The average molecular weight is 365 g/mol. The molecule has 1 unspecified atom stereocenters. The Morgan fingerprint density at radius 1 is 1.27 bits per heavy atom. The summed E-state index contributed by atoms with van der Waals surface area (Å²) in [5, 5.41) is 8.09. The summed E-state index contributed by atoms with van der Waals surface area (Å²) >= 11 is 3.26. The predicted octanol–water partition coefficient (Wildman–Crippen LogP) is 2.27. The van der Waals surface area contributed by atoms with Crippen LogP contribution in [0.15, 0.2) is 23.2 Å². The highest BCUT2D eigenvalue weighted by Gasteiger charge is 2.34. The fourth-order valence-corrected chi connectivity index (χ4v) is 3.63. The van der Waals surface area contributed by atoms with Gasteiger partial charge in [0.15, 0.2) is 11.6 Å². The number of nitrogens with one attached hydrogen (secondary N) is 1. The fraction of sp³-hybridized carbons (Fsp3) is 0.500. The van der Waals surface area contributed by atoms with Gasteiger partial charge in [-0.2, -0.15) is 5.10 Å². The molecule has 2 aliphatic heterocycles. The number of nitrogens with two attached hydrogens (primary N) is 1. The predicted molar refractivity (Wildman–Crippen MR) is 84.7 cm³/mol. The third-order valence-corrected chi connectivity index (χ3v) is 4.73. The maximum absolute atomic E-state index is 5.78. The molecule has 0 saturated carbocycles. The maximum atomic E-state index is 5.78. The lowest BCUT2D eigenvalue weighted by molar-refractivity contribution is 0.281. The second-order valence-electron chi connectivity index (χ2n) is 5.90. The Hall–Kier alpha value is -1.67.